The van der Waals surface area contributed by atoms with Gasteiger partial charge in [-0.1, -0.05) is 0 Å². The maximum atomic E-state index is 2.67. The predicted molar refractivity (Wildman–Crippen MR) is 54.1 cm³/mol. The standard InChI is InChI=1S/C7H19GeP/c1-8(2,3)7-9(4,5)6/h7H,1-6H3. The Labute approximate surface area is 62.4 Å². The van der Waals surface area contributed by atoms with Crippen molar-refractivity contribution in [3.8, 4) is 0 Å². The van der Waals surface area contributed by atoms with Gasteiger partial charge in [0.15, 0.2) is 0 Å². The van der Waals surface area contributed by atoms with Gasteiger partial charge in [0.25, 0.3) is 0 Å². The zero-order valence-corrected chi connectivity index (χ0v) is 10.5. The third kappa shape index (κ3) is 8.84. The van der Waals surface area contributed by atoms with Gasteiger partial charge in [-0.25, -0.2) is 0 Å². The first-order valence-electron chi connectivity index (χ1n) is 3.39. The second-order valence-corrected chi connectivity index (χ2v) is 20.7. The van der Waals surface area contributed by atoms with Crippen LogP contribution in [0.15, 0.2) is 0 Å². The fraction of sp³-hybridized carbons (Fsp3) is 0.857. The van der Waals surface area contributed by atoms with E-state index in [1.165, 1.54) is 0 Å². The molecule has 0 bridgehead atoms. The molecule has 0 saturated heterocycles. The van der Waals surface area contributed by atoms with Gasteiger partial charge in [0.05, 0.1) is 0 Å². The molecule has 2 heteroatoms. The maximum absolute atomic E-state index is 2.67. The van der Waals surface area contributed by atoms with Crippen LogP contribution in [0.25, 0.3) is 0 Å². The van der Waals surface area contributed by atoms with E-state index in [-0.39, 0.29) is 0 Å². The summed E-state index contributed by atoms with van der Waals surface area (Å²) < 4.78 is 2.67. The minimum absolute atomic E-state index is 0.579. The van der Waals surface area contributed by atoms with Crippen LogP contribution < -0.4 is 0 Å². The van der Waals surface area contributed by atoms with Crippen molar-refractivity contribution in [2.24, 2.45) is 0 Å². The first-order valence-corrected chi connectivity index (χ1v) is 14.1. The molecule has 0 heterocycles. The molecular formula is C7H19GeP. The van der Waals surface area contributed by atoms with Gasteiger partial charge >= 0.3 is 62.0 Å². The van der Waals surface area contributed by atoms with E-state index in [2.05, 4.69) is 41.9 Å². The van der Waals surface area contributed by atoms with E-state index < -0.39 is 20.2 Å². The van der Waals surface area contributed by atoms with E-state index in [0.29, 0.717) is 0 Å². The van der Waals surface area contributed by atoms with E-state index in [9.17, 15) is 0 Å². The molecular weight excluding hydrogens is 188 g/mol. The summed E-state index contributed by atoms with van der Waals surface area (Å²) in [5.41, 5.74) is 0. The van der Waals surface area contributed by atoms with Crippen molar-refractivity contribution in [2.45, 2.75) is 17.3 Å². The van der Waals surface area contributed by atoms with Crippen LogP contribution in [0.5, 0.6) is 0 Å². The molecule has 0 fully saturated rings. The monoisotopic (exact) mass is 208 g/mol. The van der Waals surface area contributed by atoms with Gasteiger partial charge in [0.2, 0.25) is 0 Å². The summed E-state index contributed by atoms with van der Waals surface area (Å²) in [7, 11) is 0. The molecule has 0 aromatic heterocycles. The molecule has 0 aliphatic rings. The molecule has 0 rings (SSSR count). The van der Waals surface area contributed by atoms with Crippen LogP contribution in [0, 0.1) is 0 Å². The molecule has 0 atom stereocenters. The third-order valence-electron chi connectivity index (χ3n) is 0.775. The van der Waals surface area contributed by atoms with E-state index >= 15 is 0 Å². The molecule has 0 unspecified atom stereocenters. The van der Waals surface area contributed by atoms with Crippen LogP contribution in [0.3, 0.4) is 0 Å². The Morgan fingerprint density at radius 3 is 1.33 bits per heavy atom. The average molecular weight is 207 g/mol. The molecule has 0 radical (unpaired) electrons. The Balaban J connectivity index is 4.32. The molecule has 56 valence electrons. The summed E-state index contributed by atoms with van der Waals surface area (Å²) in [6, 6.07) is 0. The van der Waals surface area contributed by atoms with Crippen LogP contribution >= 0.6 is 6.89 Å². The second-order valence-electron chi connectivity index (χ2n) is 4.61. The van der Waals surface area contributed by atoms with Crippen molar-refractivity contribution in [1.29, 1.82) is 0 Å². The Morgan fingerprint density at radius 1 is 1.00 bits per heavy atom. The van der Waals surface area contributed by atoms with Crippen molar-refractivity contribution >= 4 is 24.8 Å². The quantitative estimate of drug-likeness (QED) is 0.457. The summed E-state index contributed by atoms with van der Waals surface area (Å²) in [6.07, 6.45) is 0. The molecule has 9 heavy (non-hydrogen) atoms. The molecule has 0 spiro atoms. The zero-order valence-electron chi connectivity index (χ0n) is 7.52. The zero-order chi connectivity index (χ0) is 7.71. The average Bonchev–Trinajstić information content (AvgIpc) is 1.14. The molecule has 0 N–H and O–H groups in total. The second kappa shape index (κ2) is 2.84. The number of hydrogen-bond acceptors (Lipinski definition) is 0. The van der Waals surface area contributed by atoms with Crippen LogP contribution in [0.1, 0.15) is 0 Å². The van der Waals surface area contributed by atoms with Crippen LogP contribution in [0.2, 0.25) is 17.3 Å². The topological polar surface area (TPSA) is 0 Å². The summed E-state index contributed by atoms with van der Waals surface area (Å²) in [5, 5.41) is 0. The van der Waals surface area contributed by atoms with Crippen LogP contribution in [-0.2, 0) is 0 Å². The Morgan fingerprint density at radius 2 is 1.33 bits per heavy atom. The fourth-order valence-corrected chi connectivity index (χ4v) is 18.1. The van der Waals surface area contributed by atoms with Gasteiger partial charge in [0.1, 0.15) is 0 Å². The first kappa shape index (κ1) is 9.84. The van der Waals surface area contributed by atoms with E-state index in [1.54, 1.807) is 0 Å². The van der Waals surface area contributed by atoms with Crippen molar-refractivity contribution in [2.75, 3.05) is 20.0 Å². The molecule has 0 saturated carbocycles. The third-order valence-corrected chi connectivity index (χ3v) is 12.1. The van der Waals surface area contributed by atoms with Gasteiger partial charge in [-0.15, -0.1) is 0 Å². The molecule has 0 aromatic rings. The summed E-state index contributed by atoms with van der Waals surface area (Å²) in [6.45, 7) is 6.60. The van der Waals surface area contributed by atoms with E-state index in [4.69, 9.17) is 0 Å². The molecule has 0 amide bonds. The Kier molecular flexibility index (Phi) is 3.10. The van der Waals surface area contributed by atoms with Crippen molar-refractivity contribution in [1.82, 2.24) is 0 Å². The Hall–Kier alpha value is 0.843. The van der Waals surface area contributed by atoms with E-state index in [0.717, 1.165) is 0 Å². The SMILES string of the molecule is CP(C)(C)=[CH][Ge]([CH3])([CH3])[CH3]. The van der Waals surface area contributed by atoms with Gasteiger partial charge in [-0.2, -0.15) is 0 Å². The first-order chi connectivity index (χ1) is 3.71. The van der Waals surface area contributed by atoms with Gasteiger partial charge < -0.3 is 0 Å². The molecule has 0 nitrogen and oxygen atoms in total. The normalized spacial score (nSPS) is 13.6. The fourth-order valence-electron chi connectivity index (χ4n) is 1.16. The minimum atomic E-state index is -1.32. The van der Waals surface area contributed by atoms with Gasteiger partial charge in [-0.3, -0.25) is 0 Å². The van der Waals surface area contributed by atoms with Gasteiger partial charge in [-0.05, 0) is 0 Å². The number of rotatable bonds is 1. The summed E-state index contributed by atoms with van der Waals surface area (Å²) in [4.78, 5) is 0. The van der Waals surface area contributed by atoms with Crippen molar-refractivity contribution in [3.05, 3.63) is 0 Å². The molecule has 0 aromatic carbocycles. The van der Waals surface area contributed by atoms with E-state index in [1.807, 2.05) is 0 Å². The number of hydrogen-bond donors (Lipinski definition) is 0. The summed E-state index contributed by atoms with van der Waals surface area (Å²) in [5.74, 6) is 7.35. The Bertz CT molecular complexity index is 127. The molecule has 0 aliphatic heterocycles. The van der Waals surface area contributed by atoms with Gasteiger partial charge in [0, 0.05) is 0 Å². The van der Waals surface area contributed by atoms with Crippen LogP contribution in [-0.4, -0.2) is 37.9 Å². The summed E-state index contributed by atoms with van der Waals surface area (Å²) >= 11 is -1.32. The van der Waals surface area contributed by atoms with Crippen molar-refractivity contribution in [3.63, 3.8) is 0 Å². The predicted octanol–water partition coefficient (Wildman–Crippen LogP) is 2.57. The van der Waals surface area contributed by atoms with Crippen molar-refractivity contribution < 1.29 is 0 Å². The molecule has 0 aliphatic carbocycles. The van der Waals surface area contributed by atoms with Crippen LogP contribution in [0.4, 0.5) is 0 Å².